The summed E-state index contributed by atoms with van der Waals surface area (Å²) in [5.41, 5.74) is 2.41. The van der Waals surface area contributed by atoms with E-state index in [2.05, 4.69) is 10.1 Å². The molecule has 7 heteroatoms. The van der Waals surface area contributed by atoms with Gasteiger partial charge in [-0.25, -0.2) is 13.7 Å². The topological polar surface area (TPSA) is 65.7 Å². The van der Waals surface area contributed by atoms with Crippen LogP contribution < -0.4 is 4.74 Å². The van der Waals surface area contributed by atoms with Gasteiger partial charge in [-0.3, -0.25) is 4.98 Å². The largest absolute Gasteiger partial charge is 0.487 e. The molecule has 3 aromatic heterocycles. The summed E-state index contributed by atoms with van der Waals surface area (Å²) in [6, 6.07) is 14.6. The number of hydrogen-bond donors (Lipinski definition) is 0. The fourth-order valence-electron chi connectivity index (χ4n) is 2.97. The highest BCUT2D eigenvalue weighted by Crippen LogP contribution is 2.31. The van der Waals surface area contributed by atoms with E-state index >= 15 is 0 Å². The molecule has 4 aromatic rings. The number of rotatable bonds is 5. The van der Waals surface area contributed by atoms with Crippen LogP contribution in [0.25, 0.3) is 16.8 Å². The molecule has 0 aliphatic rings. The van der Waals surface area contributed by atoms with Gasteiger partial charge >= 0.3 is 5.97 Å². The number of nitrogens with zero attached hydrogens (tertiary/aromatic N) is 3. The summed E-state index contributed by atoms with van der Waals surface area (Å²) in [4.78, 5) is 16.0. The van der Waals surface area contributed by atoms with E-state index in [4.69, 9.17) is 9.47 Å². The number of pyridine rings is 2. The summed E-state index contributed by atoms with van der Waals surface area (Å²) in [5.74, 6) is -0.594. The minimum absolute atomic E-state index is 0.238. The van der Waals surface area contributed by atoms with Crippen molar-refractivity contribution in [2.45, 2.75) is 6.61 Å². The summed E-state index contributed by atoms with van der Waals surface area (Å²) in [5, 5.41) is 4.27. The summed E-state index contributed by atoms with van der Waals surface area (Å²) in [6.07, 6.45) is 4.01. The molecule has 0 aliphatic heterocycles. The van der Waals surface area contributed by atoms with Crippen LogP contribution >= 0.6 is 0 Å². The van der Waals surface area contributed by atoms with Crippen LogP contribution in [0.3, 0.4) is 0 Å². The molecule has 28 heavy (non-hydrogen) atoms. The van der Waals surface area contributed by atoms with Crippen LogP contribution in [-0.2, 0) is 11.3 Å². The van der Waals surface area contributed by atoms with Gasteiger partial charge in [0.15, 0.2) is 5.82 Å². The number of ether oxygens (including phenoxy) is 2. The monoisotopic (exact) mass is 377 g/mol. The molecule has 3 heterocycles. The molecule has 0 saturated heterocycles. The maximum Gasteiger partial charge on any atom is 0.341 e. The van der Waals surface area contributed by atoms with E-state index in [9.17, 15) is 9.18 Å². The van der Waals surface area contributed by atoms with Crippen molar-refractivity contribution in [3.8, 4) is 17.0 Å². The fraction of sp³-hybridized carbons (Fsp3) is 0.0952. The highest BCUT2D eigenvalue weighted by atomic mass is 19.1. The van der Waals surface area contributed by atoms with Gasteiger partial charge in [0.2, 0.25) is 0 Å². The highest BCUT2D eigenvalue weighted by Gasteiger charge is 2.21. The average Bonchev–Trinajstić information content (AvgIpc) is 3.18. The zero-order chi connectivity index (χ0) is 19.5. The Balaban J connectivity index is 1.84. The first-order valence-corrected chi connectivity index (χ1v) is 8.54. The Morgan fingerprint density at radius 2 is 1.93 bits per heavy atom. The number of fused-ring (bicyclic) bond motifs is 1. The molecule has 0 aliphatic carbocycles. The van der Waals surface area contributed by atoms with Crippen LogP contribution in [0, 0.1) is 5.82 Å². The van der Waals surface area contributed by atoms with Gasteiger partial charge in [0.25, 0.3) is 0 Å². The van der Waals surface area contributed by atoms with Crippen molar-refractivity contribution in [3.63, 3.8) is 0 Å². The van der Waals surface area contributed by atoms with E-state index in [0.717, 1.165) is 11.8 Å². The van der Waals surface area contributed by atoms with Gasteiger partial charge in [-0.15, -0.1) is 0 Å². The van der Waals surface area contributed by atoms with Crippen LogP contribution in [-0.4, -0.2) is 27.7 Å². The minimum Gasteiger partial charge on any atom is -0.487 e. The summed E-state index contributed by atoms with van der Waals surface area (Å²) in [6.45, 7) is 0.311. The number of halogens is 1. The van der Waals surface area contributed by atoms with Gasteiger partial charge in [0.1, 0.15) is 23.4 Å². The maximum atomic E-state index is 14.3. The van der Waals surface area contributed by atoms with Crippen molar-refractivity contribution in [2.24, 2.45) is 0 Å². The molecule has 6 nitrogen and oxygen atoms in total. The number of methoxy groups -OCH3 is 1. The van der Waals surface area contributed by atoms with Gasteiger partial charge in [-0.2, -0.15) is 5.10 Å². The fourth-order valence-corrected chi connectivity index (χ4v) is 2.97. The van der Waals surface area contributed by atoms with Crippen LogP contribution in [0.2, 0.25) is 0 Å². The Kier molecular flexibility index (Phi) is 4.72. The average molecular weight is 377 g/mol. The molecule has 0 amide bonds. The first-order chi connectivity index (χ1) is 13.7. The number of hydrogen-bond acceptors (Lipinski definition) is 5. The standard InChI is InChI=1S/C21H16FN3O3/c1-27-21(26)16-11-24-25-18(15-9-10-23-12-17(15)22)7-8-19(20(16)25)28-13-14-5-3-2-4-6-14/h2-12H,13H2,1H3. The van der Waals surface area contributed by atoms with E-state index in [-0.39, 0.29) is 5.56 Å². The SMILES string of the molecule is COC(=O)c1cnn2c(-c3ccncc3F)ccc(OCc3ccccc3)c12. The van der Waals surface area contributed by atoms with Crippen LogP contribution in [0.15, 0.2) is 67.1 Å². The molecule has 4 rings (SSSR count). The van der Waals surface area contributed by atoms with Gasteiger partial charge < -0.3 is 9.47 Å². The van der Waals surface area contributed by atoms with Crippen LogP contribution in [0.1, 0.15) is 15.9 Å². The number of benzene rings is 1. The number of aromatic nitrogens is 3. The Bertz CT molecular complexity index is 1140. The third-order valence-electron chi connectivity index (χ3n) is 4.31. The number of carbonyl (C=O) groups is 1. The Labute approximate surface area is 160 Å². The van der Waals surface area contributed by atoms with Crippen molar-refractivity contribution < 1.29 is 18.7 Å². The minimum atomic E-state index is -0.549. The lowest BCUT2D eigenvalue weighted by Crippen LogP contribution is -2.05. The van der Waals surface area contributed by atoms with Gasteiger partial charge in [-0.1, -0.05) is 30.3 Å². The molecule has 0 bridgehead atoms. The lowest BCUT2D eigenvalue weighted by molar-refractivity contribution is 0.0602. The lowest BCUT2D eigenvalue weighted by atomic mass is 10.1. The van der Waals surface area contributed by atoms with E-state index in [1.807, 2.05) is 30.3 Å². The Hall–Kier alpha value is -3.74. The summed E-state index contributed by atoms with van der Waals surface area (Å²) < 4.78 is 26.6. The van der Waals surface area contributed by atoms with Crippen LogP contribution in [0.4, 0.5) is 4.39 Å². The number of carbonyl (C=O) groups excluding carboxylic acids is 1. The molecular weight excluding hydrogens is 361 g/mol. The smallest absolute Gasteiger partial charge is 0.341 e. The second kappa shape index (κ2) is 7.48. The molecular formula is C21H16FN3O3. The molecule has 0 atom stereocenters. The molecule has 0 saturated carbocycles. The van der Waals surface area contributed by atoms with Crippen molar-refractivity contribution >= 4 is 11.5 Å². The quantitative estimate of drug-likeness (QED) is 0.494. The van der Waals surface area contributed by atoms with Crippen molar-refractivity contribution in [1.82, 2.24) is 14.6 Å². The van der Waals surface area contributed by atoms with Gasteiger partial charge in [-0.05, 0) is 23.8 Å². The highest BCUT2D eigenvalue weighted by molar-refractivity contribution is 5.99. The van der Waals surface area contributed by atoms with Crippen LogP contribution in [0.5, 0.6) is 5.75 Å². The second-order valence-corrected chi connectivity index (χ2v) is 6.02. The zero-order valence-corrected chi connectivity index (χ0v) is 15.0. The van der Waals surface area contributed by atoms with Gasteiger partial charge in [0, 0.05) is 11.8 Å². The van der Waals surface area contributed by atoms with E-state index in [0.29, 0.717) is 29.1 Å². The molecule has 0 N–H and O–H groups in total. The first-order valence-electron chi connectivity index (χ1n) is 8.54. The molecule has 0 spiro atoms. The Morgan fingerprint density at radius 1 is 1.11 bits per heavy atom. The zero-order valence-electron chi connectivity index (χ0n) is 15.0. The first kappa shape index (κ1) is 17.7. The molecule has 0 unspecified atom stereocenters. The third kappa shape index (κ3) is 3.18. The predicted octanol–water partition coefficient (Wildman–Crippen LogP) is 3.90. The molecule has 0 fully saturated rings. The molecule has 1 aromatic carbocycles. The van der Waals surface area contributed by atoms with E-state index < -0.39 is 11.8 Å². The van der Waals surface area contributed by atoms with Crippen molar-refractivity contribution in [2.75, 3.05) is 7.11 Å². The van der Waals surface area contributed by atoms with E-state index in [1.54, 1.807) is 18.2 Å². The molecule has 0 radical (unpaired) electrons. The molecule has 140 valence electrons. The third-order valence-corrected chi connectivity index (χ3v) is 4.31. The lowest BCUT2D eigenvalue weighted by Gasteiger charge is -2.12. The maximum absolute atomic E-state index is 14.3. The normalized spacial score (nSPS) is 10.8. The summed E-state index contributed by atoms with van der Waals surface area (Å²) >= 11 is 0. The summed E-state index contributed by atoms with van der Waals surface area (Å²) in [7, 11) is 1.29. The Morgan fingerprint density at radius 3 is 2.68 bits per heavy atom. The number of esters is 1. The second-order valence-electron chi connectivity index (χ2n) is 6.02. The van der Waals surface area contributed by atoms with Crippen molar-refractivity contribution in [1.29, 1.82) is 0 Å². The van der Waals surface area contributed by atoms with Crippen molar-refractivity contribution in [3.05, 3.63) is 84.1 Å². The van der Waals surface area contributed by atoms with E-state index in [1.165, 1.54) is 24.0 Å². The van der Waals surface area contributed by atoms with Gasteiger partial charge in [0.05, 0.1) is 25.2 Å². The predicted molar refractivity (Wildman–Crippen MR) is 100 cm³/mol.